The van der Waals surface area contributed by atoms with Crippen molar-refractivity contribution in [1.29, 1.82) is 0 Å². The van der Waals surface area contributed by atoms with Crippen molar-refractivity contribution in [2.75, 3.05) is 23.9 Å². The fourth-order valence-corrected chi connectivity index (χ4v) is 9.14. The number of thioether (sulfide) groups is 2. The van der Waals surface area contributed by atoms with E-state index < -0.39 is 7.82 Å². The molecular formula is C39H81O4PS2. The Kier molecular flexibility index (Phi) is 39.3. The molecule has 0 aliphatic carbocycles. The van der Waals surface area contributed by atoms with E-state index in [1.807, 2.05) is 23.5 Å². The molecule has 0 aromatic rings. The van der Waals surface area contributed by atoms with Crippen molar-refractivity contribution in [3.8, 4) is 0 Å². The average Bonchev–Trinajstić information content (AvgIpc) is 3.03. The number of unbranched alkanes of at least 4 members (excludes halogenated alkanes) is 30. The van der Waals surface area contributed by atoms with E-state index in [9.17, 15) is 14.4 Å². The van der Waals surface area contributed by atoms with Crippen molar-refractivity contribution in [2.24, 2.45) is 0 Å². The van der Waals surface area contributed by atoms with E-state index in [0.717, 1.165) is 17.3 Å². The van der Waals surface area contributed by atoms with Gasteiger partial charge in [0.25, 0.3) is 0 Å². The molecule has 4 nitrogen and oxygen atoms in total. The molecule has 278 valence electrons. The van der Waals surface area contributed by atoms with Crippen molar-refractivity contribution >= 4 is 31.3 Å². The number of hydrogen-bond acceptors (Lipinski definition) is 4. The van der Waals surface area contributed by atoms with Gasteiger partial charge in [-0.3, -0.25) is 4.52 Å². The van der Waals surface area contributed by atoms with Crippen LogP contribution in [0.25, 0.3) is 0 Å². The number of rotatable bonds is 40. The molecule has 0 rings (SSSR count). The molecule has 1 atom stereocenters. The average molecular weight is 709 g/mol. The van der Waals surface area contributed by atoms with Gasteiger partial charge in [-0.25, -0.2) is 4.57 Å². The zero-order chi connectivity index (χ0) is 33.7. The SMILES string of the molecule is CCCCCCCCCCCCCCCCCCSCC(COP(=O)(O)O)SCCCCCCCCCCCCCCCCCC. The van der Waals surface area contributed by atoms with Gasteiger partial charge in [0.15, 0.2) is 0 Å². The minimum Gasteiger partial charge on any atom is -0.303 e. The lowest BCUT2D eigenvalue weighted by molar-refractivity contribution is 0.200. The van der Waals surface area contributed by atoms with Crippen molar-refractivity contribution in [2.45, 2.75) is 225 Å². The lowest BCUT2D eigenvalue weighted by atomic mass is 10.0. The van der Waals surface area contributed by atoms with Gasteiger partial charge in [-0.05, 0) is 24.3 Å². The predicted molar refractivity (Wildman–Crippen MR) is 211 cm³/mol. The summed E-state index contributed by atoms with van der Waals surface area (Å²) in [6.45, 7) is 4.73. The Morgan fingerprint density at radius 1 is 0.457 bits per heavy atom. The van der Waals surface area contributed by atoms with Gasteiger partial charge in [0.05, 0.1) is 6.61 Å². The maximum atomic E-state index is 11.3. The second-order valence-corrected chi connectivity index (χ2v) is 17.8. The van der Waals surface area contributed by atoms with Crippen LogP contribution in [0, 0.1) is 0 Å². The lowest BCUT2D eigenvalue weighted by Gasteiger charge is -2.17. The number of hydrogen-bond donors (Lipinski definition) is 2. The summed E-state index contributed by atoms with van der Waals surface area (Å²) >= 11 is 3.78. The quantitative estimate of drug-likeness (QED) is 0.0488. The van der Waals surface area contributed by atoms with Gasteiger partial charge in [-0.15, -0.1) is 0 Å². The smallest absolute Gasteiger partial charge is 0.303 e. The summed E-state index contributed by atoms with van der Waals surface area (Å²) in [5.74, 6) is 3.12. The zero-order valence-corrected chi connectivity index (χ0v) is 33.5. The summed E-state index contributed by atoms with van der Waals surface area (Å²) < 4.78 is 16.2. The van der Waals surface area contributed by atoms with E-state index in [1.165, 1.54) is 205 Å². The number of phosphoric acid groups is 1. The van der Waals surface area contributed by atoms with Crippen LogP contribution in [0.15, 0.2) is 0 Å². The molecule has 0 aromatic carbocycles. The molecule has 0 heterocycles. The van der Waals surface area contributed by atoms with E-state index in [1.54, 1.807) is 0 Å². The molecule has 1 unspecified atom stereocenters. The van der Waals surface area contributed by atoms with Crippen LogP contribution < -0.4 is 0 Å². The maximum Gasteiger partial charge on any atom is 0.469 e. The van der Waals surface area contributed by atoms with E-state index in [2.05, 4.69) is 13.8 Å². The first kappa shape index (κ1) is 46.8. The third kappa shape index (κ3) is 41.0. The van der Waals surface area contributed by atoms with Gasteiger partial charge >= 0.3 is 7.82 Å². The molecule has 0 saturated carbocycles. The Morgan fingerprint density at radius 2 is 0.739 bits per heavy atom. The normalized spacial score (nSPS) is 12.7. The van der Waals surface area contributed by atoms with E-state index in [-0.39, 0.29) is 11.9 Å². The molecule has 7 heteroatoms. The van der Waals surface area contributed by atoms with E-state index in [0.29, 0.717) is 0 Å². The van der Waals surface area contributed by atoms with Crippen molar-refractivity contribution in [3.63, 3.8) is 0 Å². The first-order chi connectivity index (χ1) is 22.5. The van der Waals surface area contributed by atoms with Crippen LogP contribution >= 0.6 is 31.3 Å². The highest BCUT2D eigenvalue weighted by atomic mass is 32.2. The third-order valence-electron chi connectivity index (χ3n) is 9.23. The predicted octanol–water partition coefficient (Wildman–Crippen LogP) is 14.5. The molecule has 2 N–H and O–H groups in total. The third-order valence-corrected chi connectivity index (χ3v) is 12.4. The van der Waals surface area contributed by atoms with Crippen molar-refractivity contribution < 1.29 is 18.9 Å². The van der Waals surface area contributed by atoms with Crippen LogP contribution in [-0.2, 0) is 9.09 Å². The first-order valence-electron chi connectivity index (χ1n) is 20.4. The minimum atomic E-state index is -4.40. The van der Waals surface area contributed by atoms with Crippen molar-refractivity contribution in [3.05, 3.63) is 0 Å². The topological polar surface area (TPSA) is 66.8 Å². The molecule has 0 aromatic heterocycles. The van der Waals surface area contributed by atoms with Gasteiger partial charge in [-0.2, -0.15) is 23.5 Å². The van der Waals surface area contributed by atoms with E-state index >= 15 is 0 Å². The largest absolute Gasteiger partial charge is 0.469 e. The highest BCUT2D eigenvalue weighted by Crippen LogP contribution is 2.37. The molecule has 0 fully saturated rings. The van der Waals surface area contributed by atoms with Crippen LogP contribution in [0.1, 0.15) is 219 Å². The summed E-state index contributed by atoms with van der Waals surface area (Å²) in [5, 5.41) is 0.162. The lowest BCUT2D eigenvalue weighted by Crippen LogP contribution is -2.15. The Hall–Kier alpha value is 0.810. The highest BCUT2D eigenvalue weighted by Gasteiger charge is 2.18. The molecule has 0 radical (unpaired) electrons. The van der Waals surface area contributed by atoms with Crippen LogP contribution in [-0.4, -0.2) is 38.9 Å². The Morgan fingerprint density at radius 3 is 1.04 bits per heavy atom. The van der Waals surface area contributed by atoms with Crippen LogP contribution in [0.4, 0.5) is 0 Å². The van der Waals surface area contributed by atoms with Gasteiger partial charge in [0, 0.05) is 11.0 Å². The van der Waals surface area contributed by atoms with E-state index in [4.69, 9.17) is 4.52 Å². The second kappa shape index (κ2) is 38.6. The van der Waals surface area contributed by atoms with Gasteiger partial charge in [0.1, 0.15) is 0 Å². The Labute approximate surface area is 297 Å². The molecular weight excluding hydrogens is 628 g/mol. The van der Waals surface area contributed by atoms with Crippen LogP contribution in [0.2, 0.25) is 0 Å². The Bertz CT molecular complexity index is 619. The van der Waals surface area contributed by atoms with Gasteiger partial charge < -0.3 is 9.79 Å². The minimum absolute atomic E-state index is 0.153. The number of phosphoric ester groups is 1. The Balaban J connectivity index is 3.62. The zero-order valence-electron chi connectivity index (χ0n) is 31.0. The molecule has 0 amide bonds. The second-order valence-electron chi connectivity index (χ2n) is 14.0. The fourth-order valence-electron chi connectivity index (χ4n) is 6.19. The highest BCUT2D eigenvalue weighted by molar-refractivity contribution is 8.03. The molecule has 0 aliphatic heterocycles. The summed E-state index contributed by atoms with van der Waals surface area (Å²) in [6, 6.07) is 0. The maximum absolute atomic E-state index is 11.3. The summed E-state index contributed by atoms with van der Waals surface area (Å²) in [4.78, 5) is 18.4. The summed E-state index contributed by atoms with van der Waals surface area (Å²) in [5.41, 5.74) is 0. The van der Waals surface area contributed by atoms with Crippen LogP contribution in [0.3, 0.4) is 0 Å². The summed E-state index contributed by atoms with van der Waals surface area (Å²) in [6.07, 6.45) is 44.4. The molecule has 0 bridgehead atoms. The summed E-state index contributed by atoms with van der Waals surface area (Å²) in [7, 11) is -4.40. The first-order valence-corrected chi connectivity index (χ1v) is 24.1. The van der Waals surface area contributed by atoms with Crippen molar-refractivity contribution in [1.82, 2.24) is 0 Å². The fraction of sp³-hybridized carbons (Fsp3) is 1.00. The van der Waals surface area contributed by atoms with Crippen LogP contribution in [0.5, 0.6) is 0 Å². The molecule has 0 aliphatic rings. The van der Waals surface area contributed by atoms with Gasteiger partial charge in [-0.1, -0.05) is 206 Å². The standard InChI is InChI=1S/C39H81O4PS2/c1-3-5-7-9-11-13-15-17-19-21-23-25-27-29-31-33-35-45-38-39(37-43-44(40,41)42)46-36-34-32-30-28-26-24-22-20-18-16-14-12-10-8-6-4-2/h39H,3-38H2,1-2H3,(H2,40,41,42). The molecule has 46 heavy (non-hydrogen) atoms. The molecule has 0 spiro atoms. The van der Waals surface area contributed by atoms with Gasteiger partial charge in [0.2, 0.25) is 0 Å². The molecule has 0 saturated heterocycles. The monoisotopic (exact) mass is 709 g/mol.